The van der Waals surface area contributed by atoms with E-state index >= 15 is 0 Å². The number of hydrogen-bond acceptors (Lipinski definition) is 4. The van der Waals surface area contributed by atoms with Crippen LogP contribution in [0.2, 0.25) is 0 Å². The van der Waals surface area contributed by atoms with Gasteiger partial charge in [0.25, 0.3) is 5.91 Å². The third-order valence-electron chi connectivity index (χ3n) is 5.28. The number of urea groups is 1. The van der Waals surface area contributed by atoms with E-state index in [1.54, 1.807) is 0 Å². The smallest absolute Gasteiger partial charge is 0.312 e. The highest BCUT2D eigenvalue weighted by Crippen LogP contribution is 2.35. The van der Waals surface area contributed by atoms with Gasteiger partial charge in [0.05, 0.1) is 0 Å². The third kappa shape index (κ3) is 6.55. The van der Waals surface area contributed by atoms with E-state index in [4.69, 9.17) is 10.5 Å². The molecule has 25 heavy (non-hydrogen) atoms. The Morgan fingerprint density at radius 1 is 1.04 bits per heavy atom. The second-order valence-corrected chi connectivity index (χ2v) is 7.10. The van der Waals surface area contributed by atoms with Gasteiger partial charge in [-0.1, -0.05) is 19.3 Å². The van der Waals surface area contributed by atoms with Crippen molar-refractivity contribution in [3.05, 3.63) is 0 Å². The van der Waals surface area contributed by atoms with Gasteiger partial charge in [-0.3, -0.25) is 9.59 Å². The number of ether oxygens (including phenoxy) is 1. The van der Waals surface area contributed by atoms with Crippen molar-refractivity contribution < 1.29 is 19.1 Å². The van der Waals surface area contributed by atoms with Crippen molar-refractivity contribution in [3.63, 3.8) is 0 Å². The summed E-state index contributed by atoms with van der Waals surface area (Å²) in [6.07, 6.45) is 9.60. The molecule has 0 aromatic heterocycles. The number of esters is 1. The molecule has 1 saturated carbocycles. The van der Waals surface area contributed by atoms with Crippen molar-refractivity contribution in [2.24, 2.45) is 11.7 Å². The Kier molecular flexibility index (Phi) is 8.01. The number of primary amides is 1. The van der Waals surface area contributed by atoms with Crippen LogP contribution in [0.3, 0.4) is 0 Å². The predicted molar refractivity (Wildman–Crippen MR) is 93.7 cm³/mol. The Morgan fingerprint density at radius 2 is 1.80 bits per heavy atom. The van der Waals surface area contributed by atoms with Crippen LogP contribution in [-0.2, 0) is 14.3 Å². The van der Waals surface area contributed by atoms with Gasteiger partial charge in [-0.05, 0) is 44.4 Å². The molecule has 1 aliphatic carbocycles. The van der Waals surface area contributed by atoms with E-state index in [0.29, 0.717) is 31.3 Å². The van der Waals surface area contributed by atoms with Crippen LogP contribution in [0.1, 0.15) is 64.2 Å². The van der Waals surface area contributed by atoms with Crippen LogP contribution >= 0.6 is 0 Å². The van der Waals surface area contributed by atoms with E-state index in [1.807, 2.05) is 4.90 Å². The van der Waals surface area contributed by atoms with Gasteiger partial charge in [0.15, 0.2) is 6.61 Å². The summed E-state index contributed by atoms with van der Waals surface area (Å²) in [5.41, 5.74) is 4.97. The highest BCUT2D eigenvalue weighted by atomic mass is 16.5. The Morgan fingerprint density at radius 3 is 2.60 bits per heavy atom. The first-order chi connectivity index (χ1) is 12.1. The average Bonchev–Trinajstić information content (AvgIpc) is 2.61. The van der Waals surface area contributed by atoms with Crippen molar-refractivity contribution >= 4 is 17.9 Å². The molecule has 0 spiro atoms. The third-order valence-corrected chi connectivity index (χ3v) is 5.28. The molecule has 0 bridgehead atoms. The summed E-state index contributed by atoms with van der Waals surface area (Å²) in [5, 5.41) is 2.51. The van der Waals surface area contributed by atoms with Crippen molar-refractivity contribution in [2.45, 2.75) is 70.3 Å². The minimum Gasteiger partial charge on any atom is -0.456 e. The molecule has 1 saturated heterocycles. The second-order valence-electron chi connectivity index (χ2n) is 7.10. The molecule has 7 nitrogen and oxygen atoms in total. The number of piperidine rings is 1. The topological polar surface area (TPSA) is 102 Å². The monoisotopic (exact) mass is 353 g/mol. The fraction of sp³-hybridized carbons (Fsp3) is 0.833. The SMILES string of the molecule is NC(=O)NCCCCCC(=O)OCC(=O)N1CCC[C@@H]2CCCC[C@@H]21. The van der Waals surface area contributed by atoms with Crippen LogP contribution in [0.15, 0.2) is 0 Å². The molecule has 2 fully saturated rings. The fourth-order valence-electron chi connectivity index (χ4n) is 4.01. The summed E-state index contributed by atoms with van der Waals surface area (Å²) in [4.78, 5) is 36.7. The average molecular weight is 353 g/mol. The lowest BCUT2D eigenvalue weighted by Gasteiger charge is -2.44. The van der Waals surface area contributed by atoms with Crippen LogP contribution in [0.4, 0.5) is 4.79 Å². The number of rotatable bonds is 8. The fourth-order valence-corrected chi connectivity index (χ4v) is 4.01. The lowest BCUT2D eigenvalue weighted by atomic mass is 9.78. The van der Waals surface area contributed by atoms with Gasteiger partial charge in [0.2, 0.25) is 0 Å². The van der Waals surface area contributed by atoms with Crippen LogP contribution in [-0.4, -0.2) is 48.5 Å². The lowest BCUT2D eigenvalue weighted by molar-refractivity contribution is -0.155. The Balaban J connectivity index is 1.60. The number of carbonyl (C=O) groups excluding carboxylic acids is 3. The van der Waals surface area contributed by atoms with Crippen LogP contribution < -0.4 is 11.1 Å². The highest BCUT2D eigenvalue weighted by Gasteiger charge is 2.35. The van der Waals surface area contributed by atoms with E-state index in [9.17, 15) is 14.4 Å². The Bertz CT molecular complexity index is 467. The number of unbranched alkanes of at least 4 members (excludes halogenated alkanes) is 2. The standard InChI is InChI=1S/C18H31N3O4/c19-18(24)20-11-5-1-2-10-17(23)25-13-16(22)21-12-6-8-14-7-3-4-9-15(14)21/h14-15H,1-13H2,(H3,19,20,24)/t14-,15-/m0/s1. The van der Waals surface area contributed by atoms with Gasteiger partial charge >= 0.3 is 12.0 Å². The van der Waals surface area contributed by atoms with E-state index in [1.165, 1.54) is 25.7 Å². The lowest BCUT2D eigenvalue weighted by Crippen LogP contribution is -2.50. The summed E-state index contributed by atoms with van der Waals surface area (Å²) >= 11 is 0. The summed E-state index contributed by atoms with van der Waals surface area (Å²) in [5.74, 6) is 0.264. The number of amides is 3. The largest absolute Gasteiger partial charge is 0.456 e. The van der Waals surface area contributed by atoms with Gasteiger partial charge in [0.1, 0.15) is 0 Å². The minimum absolute atomic E-state index is 0.0457. The number of carbonyl (C=O) groups is 3. The molecule has 7 heteroatoms. The molecule has 3 N–H and O–H groups in total. The first kappa shape index (κ1) is 19.5. The van der Waals surface area contributed by atoms with Crippen molar-refractivity contribution in [1.82, 2.24) is 10.2 Å². The zero-order valence-electron chi connectivity index (χ0n) is 15.0. The summed E-state index contributed by atoms with van der Waals surface area (Å²) < 4.78 is 5.16. The van der Waals surface area contributed by atoms with E-state index < -0.39 is 6.03 Å². The Labute approximate surface area is 149 Å². The molecule has 0 aromatic rings. The van der Waals surface area contributed by atoms with Crippen LogP contribution in [0.25, 0.3) is 0 Å². The molecule has 2 atom stereocenters. The number of nitrogens with two attached hydrogens (primary N) is 1. The van der Waals surface area contributed by atoms with Crippen LogP contribution in [0.5, 0.6) is 0 Å². The van der Waals surface area contributed by atoms with E-state index in [0.717, 1.165) is 32.2 Å². The zero-order chi connectivity index (χ0) is 18.1. The van der Waals surface area contributed by atoms with Crippen molar-refractivity contribution in [3.8, 4) is 0 Å². The molecule has 142 valence electrons. The number of likely N-dealkylation sites (tertiary alicyclic amines) is 1. The molecule has 1 aliphatic heterocycles. The predicted octanol–water partition coefficient (Wildman–Crippen LogP) is 1.94. The minimum atomic E-state index is -0.532. The maximum atomic E-state index is 12.4. The van der Waals surface area contributed by atoms with E-state index in [-0.39, 0.29) is 18.5 Å². The second kappa shape index (κ2) is 10.3. The van der Waals surface area contributed by atoms with Crippen LogP contribution in [0, 0.1) is 5.92 Å². The summed E-state index contributed by atoms with van der Waals surface area (Å²) in [7, 11) is 0. The first-order valence-corrected chi connectivity index (χ1v) is 9.56. The molecule has 1 heterocycles. The van der Waals surface area contributed by atoms with Crippen molar-refractivity contribution in [2.75, 3.05) is 19.7 Å². The van der Waals surface area contributed by atoms with E-state index in [2.05, 4.69) is 5.32 Å². The maximum absolute atomic E-state index is 12.4. The molecule has 0 aromatic carbocycles. The normalized spacial score (nSPS) is 22.8. The molecule has 3 amide bonds. The number of nitrogens with one attached hydrogen (secondary N) is 1. The number of fused-ring (bicyclic) bond motifs is 1. The molecule has 0 unspecified atom stereocenters. The number of nitrogens with zero attached hydrogens (tertiary/aromatic N) is 1. The van der Waals surface area contributed by atoms with Gasteiger partial charge < -0.3 is 20.7 Å². The quantitative estimate of drug-likeness (QED) is 0.514. The molecule has 2 aliphatic rings. The number of hydrogen-bond donors (Lipinski definition) is 2. The summed E-state index contributed by atoms with van der Waals surface area (Å²) in [6, 6.07) is -0.178. The first-order valence-electron chi connectivity index (χ1n) is 9.56. The molecule has 2 rings (SSSR count). The van der Waals surface area contributed by atoms with Crippen molar-refractivity contribution in [1.29, 1.82) is 0 Å². The van der Waals surface area contributed by atoms with Gasteiger partial charge in [0, 0.05) is 25.6 Å². The molecule has 0 radical (unpaired) electrons. The summed E-state index contributed by atoms with van der Waals surface area (Å²) in [6.45, 7) is 1.18. The highest BCUT2D eigenvalue weighted by molar-refractivity contribution is 5.81. The van der Waals surface area contributed by atoms with Gasteiger partial charge in [-0.2, -0.15) is 0 Å². The Hall–Kier alpha value is -1.79. The van der Waals surface area contributed by atoms with Gasteiger partial charge in [-0.25, -0.2) is 4.79 Å². The van der Waals surface area contributed by atoms with Gasteiger partial charge in [-0.15, -0.1) is 0 Å². The molecular formula is C18H31N3O4. The maximum Gasteiger partial charge on any atom is 0.312 e. The zero-order valence-corrected chi connectivity index (χ0v) is 15.0. The molecular weight excluding hydrogens is 322 g/mol.